The van der Waals surface area contributed by atoms with Crippen LogP contribution in [0.1, 0.15) is 24.0 Å². The number of hydrogen-bond acceptors (Lipinski definition) is 1. The molecule has 0 aliphatic carbocycles. The van der Waals surface area contributed by atoms with Crippen molar-refractivity contribution in [1.82, 2.24) is 0 Å². The number of alkyl halides is 3. The van der Waals surface area contributed by atoms with Gasteiger partial charge in [0.1, 0.15) is 0 Å². The van der Waals surface area contributed by atoms with Gasteiger partial charge in [-0.15, -0.1) is 0 Å². The van der Waals surface area contributed by atoms with Crippen molar-refractivity contribution in [3.05, 3.63) is 34.3 Å². The fraction of sp³-hybridized carbons (Fsp3) is 0.300. The molecule has 0 amide bonds. The number of halogens is 4. The van der Waals surface area contributed by atoms with Crippen molar-refractivity contribution in [1.29, 1.82) is 5.26 Å². The SMILES string of the molecule is CC(C#N)c1c(Cl)cccc1C(F)(F)F. The van der Waals surface area contributed by atoms with Crippen molar-refractivity contribution in [2.45, 2.75) is 19.0 Å². The fourth-order valence-corrected chi connectivity index (χ4v) is 1.63. The molecule has 0 spiro atoms. The molecule has 80 valence electrons. The van der Waals surface area contributed by atoms with E-state index in [4.69, 9.17) is 16.9 Å². The summed E-state index contributed by atoms with van der Waals surface area (Å²) in [5, 5.41) is 8.60. The third kappa shape index (κ3) is 2.42. The Morgan fingerprint density at radius 1 is 1.40 bits per heavy atom. The molecule has 0 saturated carbocycles. The Bertz CT molecular complexity index is 406. The summed E-state index contributed by atoms with van der Waals surface area (Å²) in [5.74, 6) is -0.879. The molecule has 15 heavy (non-hydrogen) atoms. The first-order valence-electron chi connectivity index (χ1n) is 4.13. The lowest BCUT2D eigenvalue weighted by atomic mass is 9.96. The minimum absolute atomic E-state index is 0.0288. The maximum Gasteiger partial charge on any atom is 0.416 e. The third-order valence-electron chi connectivity index (χ3n) is 1.98. The third-order valence-corrected chi connectivity index (χ3v) is 2.31. The van der Waals surface area contributed by atoms with Gasteiger partial charge in [-0.1, -0.05) is 17.7 Å². The Kier molecular flexibility index (Phi) is 3.25. The molecule has 5 heteroatoms. The highest BCUT2D eigenvalue weighted by Crippen LogP contribution is 2.38. The van der Waals surface area contributed by atoms with Crippen LogP contribution in [0, 0.1) is 11.3 Å². The zero-order valence-electron chi connectivity index (χ0n) is 7.77. The van der Waals surface area contributed by atoms with Crippen LogP contribution in [0.2, 0.25) is 5.02 Å². The second-order valence-electron chi connectivity index (χ2n) is 3.05. The Balaban J connectivity index is 3.41. The average molecular weight is 234 g/mol. The molecule has 1 aromatic rings. The Labute approximate surface area is 90.1 Å². The van der Waals surface area contributed by atoms with E-state index in [2.05, 4.69) is 0 Å². The molecule has 0 bridgehead atoms. The van der Waals surface area contributed by atoms with Gasteiger partial charge in [-0.05, 0) is 24.6 Å². The zero-order chi connectivity index (χ0) is 11.6. The van der Waals surface area contributed by atoms with Gasteiger partial charge >= 0.3 is 6.18 Å². The second kappa shape index (κ2) is 4.11. The van der Waals surface area contributed by atoms with E-state index in [-0.39, 0.29) is 10.6 Å². The van der Waals surface area contributed by atoms with Gasteiger partial charge in [0.05, 0.1) is 17.6 Å². The Morgan fingerprint density at radius 2 is 2.00 bits per heavy atom. The van der Waals surface area contributed by atoms with E-state index in [0.29, 0.717) is 0 Å². The van der Waals surface area contributed by atoms with Crippen LogP contribution < -0.4 is 0 Å². The van der Waals surface area contributed by atoms with E-state index in [9.17, 15) is 13.2 Å². The van der Waals surface area contributed by atoms with Gasteiger partial charge in [-0.2, -0.15) is 18.4 Å². The normalized spacial score (nSPS) is 13.3. The van der Waals surface area contributed by atoms with Crippen molar-refractivity contribution in [3.8, 4) is 6.07 Å². The number of hydrogen-bond donors (Lipinski definition) is 0. The predicted octanol–water partition coefficient (Wildman–Crippen LogP) is 3.99. The lowest BCUT2D eigenvalue weighted by molar-refractivity contribution is -0.138. The van der Waals surface area contributed by atoms with Crippen molar-refractivity contribution in [2.24, 2.45) is 0 Å². The standard InChI is InChI=1S/C10H7ClF3N/c1-6(5-15)9-7(10(12,13)14)3-2-4-8(9)11/h2-4,6H,1H3. The van der Waals surface area contributed by atoms with Crippen molar-refractivity contribution < 1.29 is 13.2 Å². The van der Waals surface area contributed by atoms with Gasteiger partial charge in [-0.3, -0.25) is 0 Å². The van der Waals surface area contributed by atoms with E-state index < -0.39 is 17.7 Å². The van der Waals surface area contributed by atoms with Gasteiger partial charge in [0.25, 0.3) is 0 Å². The van der Waals surface area contributed by atoms with Gasteiger partial charge in [0, 0.05) is 5.02 Å². The van der Waals surface area contributed by atoms with Crippen LogP contribution in [-0.2, 0) is 6.18 Å². The number of nitriles is 1. The molecule has 1 atom stereocenters. The highest BCUT2D eigenvalue weighted by atomic mass is 35.5. The molecular weight excluding hydrogens is 227 g/mol. The number of rotatable bonds is 1. The van der Waals surface area contributed by atoms with Crippen LogP contribution in [0.5, 0.6) is 0 Å². The molecule has 0 radical (unpaired) electrons. The highest BCUT2D eigenvalue weighted by Gasteiger charge is 2.35. The summed E-state index contributed by atoms with van der Waals surface area (Å²) in [6, 6.07) is 5.24. The van der Waals surface area contributed by atoms with Gasteiger partial charge in [-0.25, -0.2) is 0 Å². The van der Waals surface area contributed by atoms with Crippen molar-refractivity contribution >= 4 is 11.6 Å². The van der Waals surface area contributed by atoms with Crippen LogP contribution in [-0.4, -0.2) is 0 Å². The largest absolute Gasteiger partial charge is 0.416 e. The molecule has 0 heterocycles. The second-order valence-corrected chi connectivity index (χ2v) is 3.46. The molecule has 1 nitrogen and oxygen atoms in total. The van der Waals surface area contributed by atoms with Crippen LogP contribution in [0.4, 0.5) is 13.2 Å². The predicted molar refractivity (Wildman–Crippen MR) is 50.5 cm³/mol. The molecule has 0 saturated heterocycles. The Hall–Kier alpha value is -1.21. The quantitative estimate of drug-likeness (QED) is 0.720. The summed E-state index contributed by atoms with van der Waals surface area (Å²) in [6.07, 6.45) is -4.48. The summed E-state index contributed by atoms with van der Waals surface area (Å²) in [5.41, 5.74) is -1.00. The Morgan fingerprint density at radius 3 is 2.47 bits per heavy atom. The number of nitrogens with zero attached hydrogens (tertiary/aromatic N) is 1. The molecule has 0 N–H and O–H groups in total. The van der Waals surface area contributed by atoms with Gasteiger partial charge < -0.3 is 0 Å². The van der Waals surface area contributed by atoms with Gasteiger partial charge in [0.15, 0.2) is 0 Å². The van der Waals surface area contributed by atoms with E-state index in [1.807, 2.05) is 0 Å². The van der Waals surface area contributed by atoms with Gasteiger partial charge in [0.2, 0.25) is 0 Å². The summed E-state index contributed by atoms with van der Waals surface area (Å²) in [7, 11) is 0. The maximum atomic E-state index is 12.6. The lowest BCUT2D eigenvalue weighted by Crippen LogP contribution is -2.10. The molecule has 1 unspecified atom stereocenters. The summed E-state index contributed by atoms with van der Waals surface area (Å²) in [4.78, 5) is 0. The summed E-state index contributed by atoms with van der Waals surface area (Å²) in [6.45, 7) is 1.39. The van der Waals surface area contributed by atoms with Crippen LogP contribution in [0.15, 0.2) is 18.2 Å². The van der Waals surface area contributed by atoms with E-state index >= 15 is 0 Å². The summed E-state index contributed by atoms with van der Waals surface area (Å²) >= 11 is 5.66. The van der Waals surface area contributed by atoms with Crippen LogP contribution in [0.3, 0.4) is 0 Å². The maximum absolute atomic E-state index is 12.6. The molecule has 0 aromatic heterocycles. The lowest BCUT2D eigenvalue weighted by Gasteiger charge is -2.15. The topological polar surface area (TPSA) is 23.8 Å². The smallest absolute Gasteiger partial charge is 0.198 e. The summed E-state index contributed by atoms with van der Waals surface area (Å²) < 4.78 is 37.7. The van der Waals surface area contributed by atoms with Crippen LogP contribution >= 0.6 is 11.6 Å². The van der Waals surface area contributed by atoms with Crippen molar-refractivity contribution in [2.75, 3.05) is 0 Å². The minimum Gasteiger partial charge on any atom is -0.198 e. The van der Waals surface area contributed by atoms with E-state index in [1.54, 1.807) is 6.07 Å². The first-order valence-corrected chi connectivity index (χ1v) is 4.51. The van der Waals surface area contributed by atoms with Crippen molar-refractivity contribution in [3.63, 3.8) is 0 Å². The van der Waals surface area contributed by atoms with E-state index in [0.717, 1.165) is 6.07 Å². The van der Waals surface area contributed by atoms with Crippen LogP contribution in [0.25, 0.3) is 0 Å². The average Bonchev–Trinajstić information content (AvgIpc) is 2.15. The minimum atomic E-state index is -4.48. The fourth-order valence-electron chi connectivity index (χ4n) is 1.29. The monoisotopic (exact) mass is 233 g/mol. The first kappa shape index (κ1) is 11.9. The van der Waals surface area contributed by atoms with E-state index in [1.165, 1.54) is 19.1 Å². The molecule has 1 rings (SSSR count). The molecule has 0 aliphatic heterocycles. The first-order chi connectivity index (χ1) is 6.88. The highest BCUT2D eigenvalue weighted by molar-refractivity contribution is 6.31. The zero-order valence-corrected chi connectivity index (χ0v) is 8.52. The molecule has 0 fully saturated rings. The molecular formula is C10H7ClF3N. The number of benzene rings is 1. The molecule has 0 aliphatic rings. The molecule has 1 aromatic carbocycles.